The lowest BCUT2D eigenvalue weighted by Gasteiger charge is -2.25. The topological polar surface area (TPSA) is 66.5 Å². The molecule has 0 heterocycles. The molecule has 0 aromatic heterocycles. The van der Waals surface area contributed by atoms with Gasteiger partial charge in [-0.25, -0.2) is 8.42 Å². The lowest BCUT2D eigenvalue weighted by atomic mass is 10.1. The Bertz CT molecular complexity index is 936. The van der Waals surface area contributed by atoms with Gasteiger partial charge >= 0.3 is 0 Å². The first-order valence-corrected chi connectivity index (χ1v) is 10.8. The third-order valence-corrected chi connectivity index (χ3v) is 6.69. The molecule has 1 aliphatic rings. The Kier molecular flexibility index (Phi) is 5.77. The van der Waals surface area contributed by atoms with Crippen molar-refractivity contribution < 1.29 is 13.2 Å². The Labute approximate surface area is 165 Å². The van der Waals surface area contributed by atoms with Crippen molar-refractivity contribution in [1.29, 1.82) is 0 Å². The number of anilines is 1. The number of amides is 1. The van der Waals surface area contributed by atoms with Crippen LogP contribution in [0.3, 0.4) is 0 Å². The number of sulfonamides is 1. The highest BCUT2D eigenvalue weighted by Gasteiger charge is 2.25. The number of carbonyl (C=O) groups excluding carboxylic acids is 1. The van der Waals surface area contributed by atoms with Crippen LogP contribution in [0.15, 0.2) is 47.4 Å². The van der Waals surface area contributed by atoms with E-state index in [1.165, 1.54) is 6.07 Å². The Hall–Kier alpha value is -2.05. The van der Waals surface area contributed by atoms with E-state index in [1.54, 1.807) is 48.3 Å². The van der Waals surface area contributed by atoms with E-state index in [0.29, 0.717) is 11.3 Å². The molecule has 0 bridgehead atoms. The average Bonchev–Trinajstić information content (AvgIpc) is 3.15. The van der Waals surface area contributed by atoms with Crippen molar-refractivity contribution in [1.82, 2.24) is 4.90 Å². The van der Waals surface area contributed by atoms with Crippen molar-refractivity contribution in [3.63, 3.8) is 0 Å². The fraction of sp³-hybridized carbons (Fsp3) is 0.350. The number of aryl methyl sites for hydroxylation is 1. The monoisotopic (exact) mass is 406 g/mol. The molecule has 0 radical (unpaired) electrons. The summed E-state index contributed by atoms with van der Waals surface area (Å²) in [5.41, 5.74) is 1.68. The van der Waals surface area contributed by atoms with Gasteiger partial charge in [0.15, 0.2) is 0 Å². The molecule has 0 unspecified atom stereocenters. The van der Waals surface area contributed by atoms with E-state index in [2.05, 4.69) is 4.72 Å². The van der Waals surface area contributed by atoms with Gasteiger partial charge in [-0.3, -0.25) is 9.52 Å². The van der Waals surface area contributed by atoms with Crippen molar-refractivity contribution in [2.75, 3.05) is 11.8 Å². The SMILES string of the molecule is Cc1ccc(S(=O)(=O)Nc2ccc(C(=O)N(C)C3CCCC3)c(Cl)c2)cc1. The van der Waals surface area contributed by atoms with Crippen molar-refractivity contribution >= 4 is 33.2 Å². The average molecular weight is 407 g/mol. The van der Waals surface area contributed by atoms with Crippen molar-refractivity contribution in [3.8, 4) is 0 Å². The molecule has 5 nitrogen and oxygen atoms in total. The standard InChI is InChI=1S/C20H23ClN2O3S/c1-14-7-10-17(11-8-14)27(25,26)22-15-9-12-18(19(21)13-15)20(24)23(2)16-5-3-4-6-16/h7-13,16,22H,3-6H2,1-2H3. The molecular formula is C20H23ClN2O3S. The maximum absolute atomic E-state index is 12.7. The molecule has 1 fully saturated rings. The van der Waals surface area contributed by atoms with Gasteiger partial charge in [-0.2, -0.15) is 0 Å². The minimum Gasteiger partial charge on any atom is -0.339 e. The first kappa shape index (κ1) is 19.7. The fourth-order valence-corrected chi connectivity index (χ4v) is 4.64. The van der Waals surface area contributed by atoms with Crippen LogP contribution in [0.4, 0.5) is 5.69 Å². The lowest BCUT2D eigenvalue weighted by Crippen LogP contribution is -2.35. The van der Waals surface area contributed by atoms with Gasteiger partial charge in [0.05, 0.1) is 21.2 Å². The predicted molar refractivity (Wildman–Crippen MR) is 108 cm³/mol. The van der Waals surface area contributed by atoms with Gasteiger partial charge in [-0.1, -0.05) is 42.1 Å². The van der Waals surface area contributed by atoms with Crippen LogP contribution in [-0.2, 0) is 10.0 Å². The van der Waals surface area contributed by atoms with E-state index in [0.717, 1.165) is 31.2 Å². The van der Waals surface area contributed by atoms with Crippen LogP contribution in [0.2, 0.25) is 5.02 Å². The normalized spacial score (nSPS) is 14.9. The molecule has 0 saturated heterocycles. The third-order valence-electron chi connectivity index (χ3n) is 4.98. The second-order valence-corrected chi connectivity index (χ2v) is 9.06. The summed E-state index contributed by atoms with van der Waals surface area (Å²) in [5.74, 6) is -0.139. The number of hydrogen-bond donors (Lipinski definition) is 1. The zero-order valence-corrected chi connectivity index (χ0v) is 17.0. The molecule has 0 spiro atoms. The van der Waals surface area contributed by atoms with Gasteiger partial charge in [-0.15, -0.1) is 0 Å². The molecule has 144 valence electrons. The Balaban J connectivity index is 1.78. The predicted octanol–water partition coefficient (Wildman–Crippen LogP) is 4.46. The van der Waals surface area contributed by atoms with Crippen molar-refractivity contribution in [3.05, 3.63) is 58.6 Å². The van der Waals surface area contributed by atoms with Crippen LogP contribution in [0.5, 0.6) is 0 Å². The van der Waals surface area contributed by atoms with Crippen molar-refractivity contribution in [2.24, 2.45) is 0 Å². The van der Waals surface area contributed by atoms with E-state index in [-0.39, 0.29) is 21.9 Å². The summed E-state index contributed by atoms with van der Waals surface area (Å²) in [6.07, 6.45) is 4.29. The largest absolute Gasteiger partial charge is 0.339 e. The number of nitrogens with zero attached hydrogens (tertiary/aromatic N) is 1. The molecule has 7 heteroatoms. The second kappa shape index (κ2) is 7.90. The number of carbonyl (C=O) groups is 1. The zero-order chi connectivity index (χ0) is 19.6. The van der Waals surface area contributed by atoms with Crippen molar-refractivity contribution in [2.45, 2.75) is 43.5 Å². The van der Waals surface area contributed by atoms with Crippen LogP contribution in [0, 0.1) is 6.92 Å². The van der Waals surface area contributed by atoms with Gasteiger partial charge in [-0.05, 0) is 50.1 Å². The second-order valence-electron chi connectivity index (χ2n) is 6.97. The van der Waals surface area contributed by atoms with E-state index in [9.17, 15) is 13.2 Å². The summed E-state index contributed by atoms with van der Waals surface area (Å²) in [6.45, 7) is 1.89. The first-order chi connectivity index (χ1) is 12.8. The van der Waals surface area contributed by atoms with Crippen LogP contribution in [0.25, 0.3) is 0 Å². The molecule has 3 rings (SSSR count). The van der Waals surface area contributed by atoms with Gasteiger partial charge in [0, 0.05) is 13.1 Å². The van der Waals surface area contributed by atoms with Crippen LogP contribution in [0.1, 0.15) is 41.6 Å². The summed E-state index contributed by atoms with van der Waals surface area (Å²) < 4.78 is 27.5. The Morgan fingerprint density at radius 3 is 2.33 bits per heavy atom. The van der Waals surface area contributed by atoms with Crippen LogP contribution in [-0.4, -0.2) is 32.3 Å². The molecule has 1 amide bonds. The molecule has 27 heavy (non-hydrogen) atoms. The number of benzene rings is 2. The molecule has 2 aromatic carbocycles. The smallest absolute Gasteiger partial charge is 0.261 e. The summed E-state index contributed by atoms with van der Waals surface area (Å²) >= 11 is 6.29. The van der Waals surface area contributed by atoms with E-state index < -0.39 is 10.0 Å². The highest BCUT2D eigenvalue weighted by atomic mass is 35.5. The lowest BCUT2D eigenvalue weighted by molar-refractivity contribution is 0.0735. The summed E-state index contributed by atoms with van der Waals surface area (Å²) in [4.78, 5) is 14.6. The van der Waals surface area contributed by atoms with Crippen LogP contribution >= 0.6 is 11.6 Å². The Morgan fingerprint density at radius 2 is 1.74 bits per heavy atom. The number of rotatable bonds is 5. The summed E-state index contributed by atoms with van der Waals surface area (Å²) in [7, 11) is -1.92. The zero-order valence-electron chi connectivity index (χ0n) is 15.4. The number of hydrogen-bond acceptors (Lipinski definition) is 3. The first-order valence-electron chi connectivity index (χ1n) is 8.94. The van der Waals surface area contributed by atoms with Gasteiger partial charge in [0.2, 0.25) is 0 Å². The maximum Gasteiger partial charge on any atom is 0.261 e. The maximum atomic E-state index is 12.7. The van der Waals surface area contributed by atoms with Crippen LogP contribution < -0.4 is 4.72 Å². The molecule has 1 aliphatic carbocycles. The summed E-state index contributed by atoms with van der Waals surface area (Å²) in [6, 6.07) is 11.4. The molecule has 1 N–H and O–H groups in total. The highest BCUT2D eigenvalue weighted by Crippen LogP contribution is 2.28. The van der Waals surface area contributed by atoms with E-state index in [4.69, 9.17) is 11.6 Å². The van der Waals surface area contributed by atoms with Gasteiger partial charge in [0.25, 0.3) is 15.9 Å². The minimum atomic E-state index is -3.71. The number of nitrogens with one attached hydrogen (secondary N) is 1. The van der Waals surface area contributed by atoms with E-state index >= 15 is 0 Å². The summed E-state index contributed by atoms with van der Waals surface area (Å²) in [5, 5.41) is 0.231. The highest BCUT2D eigenvalue weighted by molar-refractivity contribution is 7.92. The molecular weight excluding hydrogens is 384 g/mol. The van der Waals surface area contributed by atoms with Gasteiger partial charge < -0.3 is 4.90 Å². The third kappa shape index (κ3) is 4.45. The molecule has 2 aromatic rings. The molecule has 0 aliphatic heterocycles. The van der Waals surface area contributed by atoms with Gasteiger partial charge in [0.1, 0.15) is 0 Å². The molecule has 1 saturated carbocycles. The fourth-order valence-electron chi connectivity index (χ4n) is 3.33. The molecule has 0 atom stereocenters. The minimum absolute atomic E-state index is 0.139. The quantitative estimate of drug-likeness (QED) is 0.796. The van der Waals surface area contributed by atoms with E-state index in [1.807, 2.05) is 6.92 Å². The Morgan fingerprint density at radius 1 is 1.11 bits per heavy atom. The number of halogens is 1.